The van der Waals surface area contributed by atoms with Crippen molar-refractivity contribution < 1.29 is 23.9 Å². The summed E-state index contributed by atoms with van der Waals surface area (Å²) in [6.45, 7) is 3.74. The Kier molecular flexibility index (Phi) is 5.88. The molecule has 2 aromatic carbocycles. The molecule has 2 N–H and O–H groups in total. The molecule has 1 fully saturated rings. The van der Waals surface area contributed by atoms with Crippen molar-refractivity contribution in [2.24, 2.45) is 0 Å². The summed E-state index contributed by atoms with van der Waals surface area (Å²) in [5, 5.41) is 12.1. The summed E-state index contributed by atoms with van der Waals surface area (Å²) in [7, 11) is 0. The number of anilines is 1. The van der Waals surface area contributed by atoms with Crippen LogP contribution < -0.4 is 10.2 Å². The Morgan fingerprint density at radius 2 is 1.88 bits per heavy atom. The highest BCUT2D eigenvalue weighted by molar-refractivity contribution is 7.80. The van der Waals surface area contributed by atoms with Crippen molar-refractivity contribution in [2.45, 2.75) is 13.8 Å². The predicted molar refractivity (Wildman–Crippen MR) is 128 cm³/mol. The Morgan fingerprint density at radius 3 is 2.61 bits per heavy atom. The van der Waals surface area contributed by atoms with Crippen LogP contribution in [-0.4, -0.2) is 28.0 Å². The van der Waals surface area contributed by atoms with E-state index in [9.17, 15) is 19.5 Å². The topological polar surface area (TPSA) is 99.8 Å². The zero-order valence-corrected chi connectivity index (χ0v) is 19.1. The summed E-state index contributed by atoms with van der Waals surface area (Å²) in [5.41, 5.74) is 2.60. The minimum Gasteiger partial charge on any atom is -0.478 e. The highest BCUT2D eigenvalue weighted by Crippen LogP contribution is 2.32. The van der Waals surface area contributed by atoms with Crippen LogP contribution in [0.3, 0.4) is 0 Å². The molecular formula is C24H17ClN2O5S. The van der Waals surface area contributed by atoms with E-state index < -0.39 is 17.8 Å². The lowest BCUT2D eigenvalue weighted by atomic mass is 10.1. The van der Waals surface area contributed by atoms with Crippen molar-refractivity contribution in [2.75, 3.05) is 4.90 Å². The maximum atomic E-state index is 13.2. The van der Waals surface area contributed by atoms with Crippen LogP contribution in [0, 0.1) is 13.8 Å². The summed E-state index contributed by atoms with van der Waals surface area (Å²) >= 11 is 11.5. The van der Waals surface area contributed by atoms with Crippen molar-refractivity contribution in [3.63, 3.8) is 0 Å². The Bertz CT molecular complexity index is 1370. The normalized spacial score (nSPS) is 15.2. The molecule has 7 nitrogen and oxygen atoms in total. The number of thiocarbonyl (C=S) groups is 1. The Hall–Kier alpha value is -3.75. The molecule has 1 aliphatic rings. The van der Waals surface area contributed by atoms with Crippen molar-refractivity contribution in [3.05, 3.63) is 81.6 Å². The first-order chi connectivity index (χ1) is 15.7. The van der Waals surface area contributed by atoms with Crippen LogP contribution in [0.4, 0.5) is 5.69 Å². The predicted octanol–water partition coefficient (Wildman–Crippen LogP) is 4.75. The van der Waals surface area contributed by atoms with E-state index in [-0.39, 0.29) is 22.0 Å². The van der Waals surface area contributed by atoms with Gasteiger partial charge in [-0.25, -0.2) is 4.79 Å². The zero-order valence-electron chi connectivity index (χ0n) is 17.5. The van der Waals surface area contributed by atoms with Gasteiger partial charge >= 0.3 is 5.97 Å². The smallest absolute Gasteiger partial charge is 0.335 e. The molecule has 1 aliphatic heterocycles. The number of aryl methyl sites for hydroxylation is 2. The number of furan rings is 1. The van der Waals surface area contributed by atoms with E-state index in [1.54, 1.807) is 12.1 Å². The minimum atomic E-state index is -1.10. The van der Waals surface area contributed by atoms with E-state index >= 15 is 0 Å². The lowest BCUT2D eigenvalue weighted by Crippen LogP contribution is -2.54. The summed E-state index contributed by atoms with van der Waals surface area (Å²) < 4.78 is 5.76. The number of halogens is 1. The number of benzene rings is 2. The van der Waals surface area contributed by atoms with Crippen LogP contribution in [0.15, 0.2) is 58.5 Å². The minimum absolute atomic E-state index is 0.00625. The van der Waals surface area contributed by atoms with Crippen molar-refractivity contribution in [1.82, 2.24) is 5.32 Å². The summed E-state index contributed by atoms with van der Waals surface area (Å²) in [5.74, 6) is -1.82. The van der Waals surface area contributed by atoms with Gasteiger partial charge < -0.3 is 9.52 Å². The van der Waals surface area contributed by atoms with Gasteiger partial charge in [0.1, 0.15) is 17.1 Å². The largest absolute Gasteiger partial charge is 0.478 e. The monoisotopic (exact) mass is 480 g/mol. The number of carbonyl (C=O) groups is 3. The van der Waals surface area contributed by atoms with Gasteiger partial charge in [-0.15, -0.1) is 0 Å². The fourth-order valence-electron chi connectivity index (χ4n) is 3.40. The van der Waals surface area contributed by atoms with E-state index in [0.29, 0.717) is 22.0 Å². The number of hydrogen-bond acceptors (Lipinski definition) is 5. The van der Waals surface area contributed by atoms with E-state index in [4.69, 9.17) is 28.2 Å². The maximum absolute atomic E-state index is 13.2. The van der Waals surface area contributed by atoms with Crippen molar-refractivity contribution >= 4 is 58.5 Å². The second kappa shape index (κ2) is 8.65. The standard InChI is InChI=1S/C24H17ClN2O5S/c1-12-3-4-13(2)19(9-12)27-22(29)17(21(28)26-24(27)33)11-15-6-8-20(32-15)16-10-14(23(30)31)5-7-18(16)25/h3-11H,1-2H3,(H,30,31)(H,26,28,33)/b17-11+. The number of rotatable bonds is 4. The molecule has 1 saturated heterocycles. The van der Waals surface area contributed by atoms with Gasteiger partial charge in [0.2, 0.25) is 0 Å². The van der Waals surface area contributed by atoms with Gasteiger partial charge in [0, 0.05) is 5.56 Å². The number of aromatic carboxylic acids is 1. The van der Waals surface area contributed by atoms with Gasteiger partial charge in [0.05, 0.1) is 16.3 Å². The molecule has 9 heteroatoms. The first-order valence-corrected chi connectivity index (χ1v) is 10.6. The average molecular weight is 481 g/mol. The number of nitrogens with zero attached hydrogens (tertiary/aromatic N) is 1. The molecule has 0 saturated carbocycles. The Balaban J connectivity index is 1.72. The molecule has 2 heterocycles. The quantitative estimate of drug-likeness (QED) is 0.317. The van der Waals surface area contributed by atoms with E-state index in [2.05, 4.69) is 5.32 Å². The second-order valence-electron chi connectivity index (χ2n) is 7.45. The molecule has 0 radical (unpaired) electrons. The van der Waals surface area contributed by atoms with Gasteiger partial charge in [0.15, 0.2) is 5.11 Å². The lowest BCUT2D eigenvalue weighted by Gasteiger charge is -2.30. The molecule has 0 unspecified atom stereocenters. The summed E-state index contributed by atoms with van der Waals surface area (Å²) in [6.07, 6.45) is 1.32. The number of hydrogen-bond donors (Lipinski definition) is 2. The first-order valence-electron chi connectivity index (χ1n) is 9.77. The molecule has 0 bridgehead atoms. The zero-order chi connectivity index (χ0) is 23.9. The maximum Gasteiger partial charge on any atom is 0.335 e. The number of amides is 2. The lowest BCUT2D eigenvalue weighted by molar-refractivity contribution is -0.122. The highest BCUT2D eigenvalue weighted by atomic mass is 35.5. The molecule has 33 heavy (non-hydrogen) atoms. The SMILES string of the molecule is Cc1ccc(C)c(N2C(=O)/C(=C/c3ccc(-c4cc(C(=O)O)ccc4Cl)o3)C(=O)NC2=S)c1. The summed E-state index contributed by atoms with van der Waals surface area (Å²) in [4.78, 5) is 38.4. The average Bonchev–Trinajstić information content (AvgIpc) is 3.22. The second-order valence-corrected chi connectivity index (χ2v) is 8.24. The molecule has 0 atom stereocenters. The molecule has 4 rings (SSSR count). The van der Waals surface area contributed by atoms with Crippen LogP contribution in [0.5, 0.6) is 0 Å². The molecular weight excluding hydrogens is 464 g/mol. The molecule has 3 aromatic rings. The van der Waals surface area contributed by atoms with Gasteiger partial charge in [-0.05, 0) is 79.7 Å². The van der Waals surface area contributed by atoms with Crippen LogP contribution in [0.1, 0.15) is 27.2 Å². The Morgan fingerprint density at radius 1 is 1.12 bits per heavy atom. The molecule has 166 valence electrons. The van der Waals surface area contributed by atoms with Gasteiger partial charge in [0.25, 0.3) is 11.8 Å². The van der Waals surface area contributed by atoms with E-state index in [1.807, 2.05) is 32.0 Å². The van der Waals surface area contributed by atoms with Crippen molar-refractivity contribution in [1.29, 1.82) is 0 Å². The number of carboxylic acid groups (broad SMARTS) is 1. The molecule has 2 amide bonds. The number of carbonyl (C=O) groups excluding carboxylic acids is 2. The van der Waals surface area contributed by atoms with Crippen LogP contribution in [-0.2, 0) is 9.59 Å². The highest BCUT2D eigenvalue weighted by Gasteiger charge is 2.35. The Labute approximate surface area is 199 Å². The van der Waals surface area contributed by atoms with Crippen LogP contribution >= 0.6 is 23.8 Å². The molecule has 0 aliphatic carbocycles. The third-order valence-corrected chi connectivity index (χ3v) is 5.71. The van der Waals surface area contributed by atoms with Gasteiger partial charge in [-0.2, -0.15) is 0 Å². The van der Waals surface area contributed by atoms with Crippen molar-refractivity contribution in [3.8, 4) is 11.3 Å². The fraction of sp³-hybridized carbons (Fsp3) is 0.0833. The van der Waals surface area contributed by atoms with Crippen LogP contribution in [0.25, 0.3) is 17.4 Å². The van der Waals surface area contributed by atoms with E-state index in [1.165, 1.54) is 29.2 Å². The van der Waals surface area contributed by atoms with Gasteiger partial charge in [-0.1, -0.05) is 23.7 Å². The number of nitrogens with one attached hydrogen (secondary N) is 1. The summed E-state index contributed by atoms with van der Waals surface area (Å²) in [6, 6.07) is 13.0. The van der Waals surface area contributed by atoms with Gasteiger partial charge in [-0.3, -0.25) is 19.8 Å². The first kappa shape index (κ1) is 22.4. The third-order valence-electron chi connectivity index (χ3n) is 5.10. The molecule has 1 aromatic heterocycles. The fourth-order valence-corrected chi connectivity index (χ4v) is 3.89. The third kappa shape index (κ3) is 4.30. The van der Waals surface area contributed by atoms with E-state index in [0.717, 1.165) is 11.1 Å². The molecule has 0 spiro atoms. The number of carboxylic acids is 1. The van der Waals surface area contributed by atoms with Crippen LogP contribution in [0.2, 0.25) is 5.02 Å².